The highest BCUT2D eigenvalue weighted by atomic mass is 35.5. The van der Waals surface area contributed by atoms with E-state index in [1.54, 1.807) is 36.6 Å². The highest BCUT2D eigenvalue weighted by Crippen LogP contribution is 2.31. The second-order valence-electron chi connectivity index (χ2n) is 8.84. The summed E-state index contributed by atoms with van der Waals surface area (Å²) in [4.78, 5) is 38.8. The molecule has 4 rings (SSSR count). The molecule has 1 aromatic carbocycles. The first-order valence-electron chi connectivity index (χ1n) is 10.3. The molecule has 8 nitrogen and oxygen atoms in total. The Morgan fingerprint density at radius 3 is 2.47 bits per heavy atom. The van der Waals surface area contributed by atoms with Gasteiger partial charge < -0.3 is 15.2 Å². The number of anilines is 1. The fraction of sp³-hybridized carbons (Fsp3) is 0.409. The van der Waals surface area contributed by atoms with Gasteiger partial charge in [0.2, 0.25) is 0 Å². The van der Waals surface area contributed by atoms with E-state index in [1.165, 1.54) is 0 Å². The first-order valence-corrected chi connectivity index (χ1v) is 12.5. The normalized spacial score (nSPS) is 17.9. The predicted octanol–water partition coefficient (Wildman–Crippen LogP) is 2.44. The van der Waals surface area contributed by atoms with E-state index in [-0.39, 0.29) is 23.0 Å². The van der Waals surface area contributed by atoms with Crippen molar-refractivity contribution in [3.63, 3.8) is 0 Å². The number of halogens is 1. The summed E-state index contributed by atoms with van der Waals surface area (Å²) in [5.74, 6) is -2.39. The van der Waals surface area contributed by atoms with Crippen molar-refractivity contribution >= 4 is 44.7 Å². The Hall–Kier alpha value is -2.65. The van der Waals surface area contributed by atoms with Gasteiger partial charge in [-0.1, -0.05) is 17.7 Å². The van der Waals surface area contributed by atoms with Crippen LogP contribution in [0.25, 0.3) is 0 Å². The van der Waals surface area contributed by atoms with Gasteiger partial charge in [0.15, 0.2) is 9.84 Å². The van der Waals surface area contributed by atoms with Crippen LogP contribution in [-0.2, 0) is 27.6 Å². The van der Waals surface area contributed by atoms with Crippen molar-refractivity contribution in [2.24, 2.45) is 0 Å². The van der Waals surface area contributed by atoms with Gasteiger partial charge >= 0.3 is 0 Å². The third-order valence-corrected chi connectivity index (χ3v) is 8.54. The summed E-state index contributed by atoms with van der Waals surface area (Å²) in [6.07, 6.45) is 1.33. The number of amides is 2. The number of benzene rings is 1. The van der Waals surface area contributed by atoms with Gasteiger partial charge in [0.1, 0.15) is 5.69 Å². The summed E-state index contributed by atoms with van der Waals surface area (Å²) < 4.78 is 24.8. The number of carbonyl (C=O) groups is 3. The largest absolute Gasteiger partial charge is 0.342 e. The van der Waals surface area contributed by atoms with Crippen molar-refractivity contribution in [3.8, 4) is 0 Å². The molecule has 170 valence electrons. The van der Waals surface area contributed by atoms with Crippen LogP contribution in [0, 0.1) is 13.8 Å². The van der Waals surface area contributed by atoms with E-state index in [1.807, 2.05) is 6.92 Å². The van der Waals surface area contributed by atoms with Crippen LogP contribution in [0.4, 0.5) is 5.69 Å². The zero-order chi connectivity index (χ0) is 23.4. The number of aromatic nitrogens is 1. The number of ketones is 1. The second kappa shape index (κ2) is 7.74. The fourth-order valence-electron chi connectivity index (χ4n) is 4.62. The maximum atomic E-state index is 13.1. The van der Waals surface area contributed by atoms with Gasteiger partial charge in [-0.2, -0.15) is 0 Å². The summed E-state index contributed by atoms with van der Waals surface area (Å²) in [5, 5.41) is 5.91. The van der Waals surface area contributed by atoms with Gasteiger partial charge in [0.05, 0.1) is 22.6 Å². The third-order valence-electron chi connectivity index (χ3n) is 5.98. The number of nitrogens with zero attached hydrogens (tertiary/aromatic N) is 1. The smallest absolute Gasteiger partial charge is 0.292 e. The molecule has 3 heterocycles. The molecule has 0 unspecified atom stereocenters. The van der Waals surface area contributed by atoms with Crippen LogP contribution < -0.4 is 10.6 Å². The van der Waals surface area contributed by atoms with Crippen LogP contribution in [-0.4, -0.2) is 47.6 Å². The maximum absolute atomic E-state index is 13.1. The molecular weight excluding hydrogens is 454 g/mol. The second-order valence-corrected chi connectivity index (χ2v) is 11.3. The molecule has 32 heavy (non-hydrogen) atoms. The number of nitrogens with one attached hydrogen (secondary N) is 2. The monoisotopic (exact) mass is 477 g/mol. The molecule has 2 N–H and O–H groups in total. The average molecular weight is 478 g/mol. The summed E-state index contributed by atoms with van der Waals surface area (Å²) in [7, 11) is -3.18. The lowest BCUT2D eigenvalue weighted by molar-refractivity contribution is -0.118. The number of fused-ring (bicyclic) bond motifs is 1. The van der Waals surface area contributed by atoms with Crippen molar-refractivity contribution in [1.82, 2.24) is 9.88 Å². The molecular formula is C22H24ClN3O5S. The average Bonchev–Trinajstić information content (AvgIpc) is 3.21. The van der Waals surface area contributed by atoms with Crippen molar-refractivity contribution in [1.29, 1.82) is 0 Å². The van der Waals surface area contributed by atoms with E-state index in [2.05, 4.69) is 10.6 Å². The van der Waals surface area contributed by atoms with Gasteiger partial charge in [-0.25, -0.2) is 8.42 Å². The van der Waals surface area contributed by atoms with Crippen molar-refractivity contribution in [3.05, 3.63) is 51.3 Å². The molecule has 1 fully saturated rings. The molecule has 1 aromatic heterocycles. The van der Waals surface area contributed by atoms with Gasteiger partial charge in [0, 0.05) is 22.9 Å². The number of sulfone groups is 1. The third kappa shape index (κ3) is 3.95. The van der Waals surface area contributed by atoms with Crippen molar-refractivity contribution in [2.75, 3.05) is 16.8 Å². The van der Waals surface area contributed by atoms with E-state index < -0.39 is 27.1 Å². The minimum Gasteiger partial charge on any atom is -0.342 e. The van der Waals surface area contributed by atoms with E-state index in [4.69, 9.17) is 11.6 Å². The van der Waals surface area contributed by atoms with E-state index >= 15 is 0 Å². The highest BCUT2D eigenvalue weighted by Gasteiger charge is 2.47. The van der Waals surface area contributed by atoms with E-state index in [0.717, 1.165) is 12.0 Å². The highest BCUT2D eigenvalue weighted by molar-refractivity contribution is 7.93. The number of Topliss-reactive ketones (excluding diaryl/α,β-unsaturated/α-hetero) is 1. The Morgan fingerprint density at radius 2 is 1.84 bits per heavy atom. The number of hydrogen-bond donors (Lipinski definition) is 2. The molecule has 0 radical (unpaired) electrons. The Bertz CT molecular complexity index is 1270. The van der Waals surface area contributed by atoms with Crippen LogP contribution in [0.2, 0.25) is 5.02 Å². The quantitative estimate of drug-likeness (QED) is 0.507. The Labute approximate surface area is 191 Å². The standard InChI is InChI=1S/C22H24ClN3O5S/c1-12-6-7-14(9-15(12)23)24-20(28)18-13(2)17(16-5-4-8-26(16)18)19(27)21(29)25-22(3)10-32(30,31)11-22/h6-7,9H,4-5,8,10-11H2,1-3H3,(H,24,28)(H,25,29). The molecule has 2 aliphatic rings. The molecule has 2 amide bonds. The molecule has 0 bridgehead atoms. The van der Waals surface area contributed by atoms with Gasteiger partial charge in [-0.05, 0) is 56.9 Å². The molecule has 2 aliphatic heterocycles. The molecule has 0 spiro atoms. The molecule has 10 heteroatoms. The lowest BCUT2D eigenvalue weighted by Gasteiger charge is -2.38. The molecule has 1 saturated heterocycles. The molecule has 2 aromatic rings. The first kappa shape index (κ1) is 22.5. The van der Waals surface area contributed by atoms with Gasteiger partial charge in [-0.15, -0.1) is 0 Å². The SMILES string of the molecule is Cc1ccc(NC(=O)c2c(C)c(C(=O)C(=O)NC3(C)CS(=O)(=O)C3)c3n2CCC3)cc1Cl. The topological polar surface area (TPSA) is 114 Å². The van der Waals surface area contributed by atoms with Crippen molar-refractivity contribution < 1.29 is 22.8 Å². The number of aryl methyl sites for hydroxylation is 1. The molecule has 0 saturated carbocycles. The van der Waals surface area contributed by atoms with E-state index in [9.17, 15) is 22.8 Å². The Morgan fingerprint density at radius 1 is 1.16 bits per heavy atom. The summed E-state index contributed by atoms with van der Waals surface area (Å²) in [6.45, 7) is 5.68. The van der Waals surface area contributed by atoms with Crippen LogP contribution in [0.5, 0.6) is 0 Å². The summed E-state index contributed by atoms with van der Waals surface area (Å²) in [6, 6.07) is 5.20. The van der Waals surface area contributed by atoms with Crippen LogP contribution in [0.15, 0.2) is 18.2 Å². The van der Waals surface area contributed by atoms with Crippen LogP contribution >= 0.6 is 11.6 Å². The zero-order valence-electron chi connectivity index (χ0n) is 18.0. The number of hydrogen-bond acceptors (Lipinski definition) is 5. The Kier molecular flexibility index (Phi) is 5.45. The van der Waals surface area contributed by atoms with Gasteiger partial charge in [0.25, 0.3) is 17.6 Å². The number of carbonyl (C=O) groups excluding carboxylic acids is 3. The predicted molar refractivity (Wildman–Crippen MR) is 121 cm³/mol. The first-order chi connectivity index (χ1) is 14.9. The zero-order valence-corrected chi connectivity index (χ0v) is 19.6. The fourth-order valence-corrected chi connectivity index (χ4v) is 6.80. The number of rotatable bonds is 5. The lowest BCUT2D eigenvalue weighted by Crippen LogP contribution is -2.64. The maximum Gasteiger partial charge on any atom is 0.292 e. The summed E-state index contributed by atoms with van der Waals surface area (Å²) in [5.41, 5.74) is 2.11. The summed E-state index contributed by atoms with van der Waals surface area (Å²) >= 11 is 6.15. The van der Waals surface area contributed by atoms with Gasteiger partial charge in [-0.3, -0.25) is 14.4 Å². The lowest BCUT2D eigenvalue weighted by atomic mass is 10.0. The van der Waals surface area contributed by atoms with Crippen molar-refractivity contribution in [2.45, 2.75) is 45.7 Å². The van der Waals surface area contributed by atoms with Crippen LogP contribution in [0.3, 0.4) is 0 Å². The minimum atomic E-state index is -3.18. The Balaban J connectivity index is 1.61. The minimum absolute atomic E-state index is 0.196. The van der Waals surface area contributed by atoms with E-state index in [0.29, 0.717) is 40.6 Å². The van der Waals surface area contributed by atoms with Crippen LogP contribution in [0.1, 0.15) is 51.0 Å². The molecule has 0 atom stereocenters. The molecule has 0 aliphatic carbocycles.